The molecule has 0 aromatic rings. The summed E-state index contributed by atoms with van der Waals surface area (Å²) in [5.41, 5.74) is -0.248. The highest BCUT2D eigenvalue weighted by atomic mass is 16.4. The third-order valence-electron chi connectivity index (χ3n) is 0.381. The summed E-state index contributed by atoms with van der Waals surface area (Å²) in [6.45, 7) is 6.62. The molecule has 0 fully saturated rings. The maximum Gasteiger partial charge on any atom is 0.300 e. The molecular weight excluding hydrogens is 146 g/mol. The van der Waals surface area contributed by atoms with E-state index in [1.165, 1.54) is 6.08 Å². The third kappa shape index (κ3) is 51.1. The lowest BCUT2D eigenvalue weighted by molar-refractivity contribution is -0.134. The molecule has 0 aliphatic rings. The Balaban J connectivity index is 0. The van der Waals surface area contributed by atoms with Gasteiger partial charge in [0.2, 0.25) is 6.08 Å². The number of isocyanates is 1. The predicted octanol–water partition coefficient (Wildman–Crippen LogP) is 1.21. The van der Waals surface area contributed by atoms with Crippen molar-refractivity contribution in [2.45, 2.75) is 33.2 Å². The molecule has 0 radical (unpaired) electrons. The number of rotatable bonds is 0. The predicted molar refractivity (Wildman–Crippen MR) is 41.2 cm³/mol. The Kier molecular flexibility index (Phi) is 6.40. The number of hydrogen-bond donors (Lipinski definition) is 1. The van der Waals surface area contributed by atoms with Gasteiger partial charge in [-0.25, -0.2) is 9.79 Å². The average molecular weight is 159 g/mol. The second kappa shape index (κ2) is 5.62. The Morgan fingerprint density at radius 2 is 1.73 bits per heavy atom. The van der Waals surface area contributed by atoms with Crippen molar-refractivity contribution < 1.29 is 14.7 Å². The van der Waals surface area contributed by atoms with Crippen molar-refractivity contribution in [3.05, 3.63) is 0 Å². The Morgan fingerprint density at radius 1 is 1.45 bits per heavy atom. The van der Waals surface area contributed by atoms with Crippen molar-refractivity contribution in [1.82, 2.24) is 0 Å². The summed E-state index contributed by atoms with van der Waals surface area (Å²) in [7, 11) is 0. The van der Waals surface area contributed by atoms with Gasteiger partial charge in [-0.15, -0.1) is 0 Å². The van der Waals surface area contributed by atoms with Crippen LogP contribution in [-0.4, -0.2) is 22.7 Å². The monoisotopic (exact) mass is 159 g/mol. The van der Waals surface area contributed by atoms with Gasteiger partial charge >= 0.3 is 0 Å². The zero-order valence-corrected chi connectivity index (χ0v) is 7.21. The number of aliphatic carboxylic acids is 1. The van der Waals surface area contributed by atoms with Gasteiger partial charge in [-0.05, 0) is 20.8 Å². The molecule has 11 heavy (non-hydrogen) atoms. The molecule has 4 nitrogen and oxygen atoms in total. The highest BCUT2D eigenvalue weighted by molar-refractivity contribution is 5.62. The molecule has 0 saturated carbocycles. The third-order valence-corrected chi connectivity index (χ3v) is 0.381. The van der Waals surface area contributed by atoms with Crippen molar-refractivity contribution in [1.29, 1.82) is 0 Å². The zero-order chi connectivity index (χ0) is 9.49. The molecule has 0 heterocycles. The van der Waals surface area contributed by atoms with Gasteiger partial charge in [-0.3, -0.25) is 4.79 Å². The van der Waals surface area contributed by atoms with Gasteiger partial charge in [0, 0.05) is 6.92 Å². The summed E-state index contributed by atoms with van der Waals surface area (Å²) in [5, 5.41) is 7.42. The van der Waals surface area contributed by atoms with Crippen LogP contribution in [0.2, 0.25) is 0 Å². The number of carbonyl (C=O) groups excluding carboxylic acids is 1. The van der Waals surface area contributed by atoms with E-state index >= 15 is 0 Å². The van der Waals surface area contributed by atoms with Crippen LogP contribution in [0.25, 0.3) is 0 Å². The lowest BCUT2D eigenvalue weighted by Gasteiger charge is -2.05. The van der Waals surface area contributed by atoms with Gasteiger partial charge in [0.25, 0.3) is 5.97 Å². The number of hydrogen-bond acceptors (Lipinski definition) is 3. The summed E-state index contributed by atoms with van der Waals surface area (Å²) in [6.07, 6.45) is 1.48. The van der Waals surface area contributed by atoms with Crippen molar-refractivity contribution in [3.8, 4) is 0 Å². The molecule has 0 aromatic carbocycles. The van der Waals surface area contributed by atoms with Gasteiger partial charge in [0.15, 0.2) is 0 Å². The summed E-state index contributed by atoms with van der Waals surface area (Å²) in [5.74, 6) is -0.833. The Bertz CT molecular complexity index is 159. The van der Waals surface area contributed by atoms with Gasteiger partial charge in [-0.1, -0.05) is 0 Å². The van der Waals surface area contributed by atoms with Crippen LogP contribution < -0.4 is 0 Å². The number of carboxylic acids is 1. The Hall–Kier alpha value is -1.15. The molecule has 4 heteroatoms. The maximum absolute atomic E-state index is 9.53. The van der Waals surface area contributed by atoms with Crippen LogP contribution in [0.5, 0.6) is 0 Å². The second-order valence-corrected chi connectivity index (χ2v) is 2.89. The molecule has 0 atom stereocenters. The van der Waals surface area contributed by atoms with E-state index in [-0.39, 0.29) is 5.54 Å². The smallest absolute Gasteiger partial charge is 0.300 e. The van der Waals surface area contributed by atoms with Crippen molar-refractivity contribution in [3.63, 3.8) is 0 Å². The van der Waals surface area contributed by atoms with Crippen molar-refractivity contribution in [2.24, 2.45) is 4.99 Å². The van der Waals surface area contributed by atoms with E-state index in [1.54, 1.807) is 0 Å². The topological polar surface area (TPSA) is 66.7 Å². The normalized spacial score (nSPS) is 8.73. The summed E-state index contributed by atoms with van der Waals surface area (Å²) in [4.78, 5) is 22.0. The van der Waals surface area contributed by atoms with Crippen LogP contribution in [0, 0.1) is 0 Å². The standard InChI is InChI=1S/C5H9NO.C2H4O2/c1-5(2,3)6-4-7;1-2(3)4/h1-3H3;1H3,(H,3,4). The molecule has 1 N–H and O–H groups in total. The molecule has 0 aliphatic heterocycles. The highest BCUT2D eigenvalue weighted by Crippen LogP contribution is 2.02. The van der Waals surface area contributed by atoms with Gasteiger partial charge in [-0.2, -0.15) is 0 Å². The minimum Gasteiger partial charge on any atom is -0.481 e. The molecule has 0 unspecified atom stereocenters. The van der Waals surface area contributed by atoms with Crippen LogP contribution in [0.4, 0.5) is 0 Å². The first-order chi connectivity index (χ1) is 4.79. The van der Waals surface area contributed by atoms with E-state index in [1.807, 2.05) is 20.8 Å². The number of aliphatic imine (C=N–C) groups is 1. The highest BCUT2D eigenvalue weighted by Gasteiger charge is 2.04. The number of nitrogens with zero attached hydrogens (tertiary/aromatic N) is 1. The first-order valence-corrected chi connectivity index (χ1v) is 3.08. The SMILES string of the molecule is CC(=O)O.CC(C)(C)N=C=O. The lowest BCUT2D eigenvalue weighted by atomic mass is 10.1. The molecule has 0 rings (SSSR count). The molecule has 0 aliphatic carbocycles. The van der Waals surface area contributed by atoms with Gasteiger partial charge in [0.1, 0.15) is 0 Å². The fourth-order valence-electron chi connectivity index (χ4n) is 0.137. The first kappa shape index (κ1) is 12.5. The average Bonchev–Trinajstić information content (AvgIpc) is 1.58. The van der Waals surface area contributed by atoms with Gasteiger partial charge in [0.05, 0.1) is 5.54 Å². The van der Waals surface area contributed by atoms with Gasteiger partial charge < -0.3 is 5.11 Å². The quantitative estimate of drug-likeness (QED) is 0.426. The number of carboxylic acid groups (broad SMARTS) is 1. The number of carbonyl (C=O) groups is 1. The second-order valence-electron chi connectivity index (χ2n) is 2.89. The molecule has 0 spiro atoms. The van der Waals surface area contributed by atoms with Crippen LogP contribution in [-0.2, 0) is 9.59 Å². The van der Waals surface area contributed by atoms with E-state index in [4.69, 9.17) is 9.90 Å². The van der Waals surface area contributed by atoms with Crippen molar-refractivity contribution in [2.75, 3.05) is 0 Å². The molecule has 0 aromatic heterocycles. The largest absolute Gasteiger partial charge is 0.481 e. The Morgan fingerprint density at radius 3 is 1.73 bits per heavy atom. The first-order valence-electron chi connectivity index (χ1n) is 3.08. The maximum atomic E-state index is 9.53. The van der Waals surface area contributed by atoms with E-state index < -0.39 is 5.97 Å². The van der Waals surface area contributed by atoms with Crippen LogP contribution >= 0.6 is 0 Å². The van der Waals surface area contributed by atoms with E-state index in [9.17, 15) is 4.79 Å². The fraction of sp³-hybridized carbons (Fsp3) is 0.714. The van der Waals surface area contributed by atoms with E-state index in [2.05, 4.69) is 4.99 Å². The van der Waals surface area contributed by atoms with Crippen LogP contribution in [0.3, 0.4) is 0 Å². The van der Waals surface area contributed by atoms with E-state index in [0.29, 0.717) is 0 Å². The molecule has 0 bridgehead atoms. The fourth-order valence-corrected chi connectivity index (χ4v) is 0.137. The van der Waals surface area contributed by atoms with Crippen LogP contribution in [0.15, 0.2) is 4.99 Å². The molecule has 0 saturated heterocycles. The molecular formula is C7H13NO3. The Labute approximate surface area is 65.9 Å². The minimum atomic E-state index is -0.833. The molecule has 0 amide bonds. The lowest BCUT2D eigenvalue weighted by Crippen LogP contribution is -2.07. The molecule has 64 valence electrons. The summed E-state index contributed by atoms with van der Waals surface area (Å²) < 4.78 is 0. The van der Waals surface area contributed by atoms with Crippen LogP contribution in [0.1, 0.15) is 27.7 Å². The summed E-state index contributed by atoms with van der Waals surface area (Å²) in [6, 6.07) is 0. The van der Waals surface area contributed by atoms with Crippen molar-refractivity contribution >= 4 is 12.0 Å². The zero-order valence-electron chi connectivity index (χ0n) is 7.21. The van der Waals surface area contributed by atoms with E-state index in [0.717, 1.165) is 6.92 Å². The summed E-state index contributed by atoms with van der Waals surface area (Å²) >= 11 is 0. The minimum absolute atomic E-state index is 0.248.